The Morgan fingerprint density at radius 2 is 1.50 bits per heavy atom. The van der Waals surface area contributed by atoms with Gasteiger partial charge in [0.25, 0.3) is 11.4 Å². The van der Waals surface area contributed by atoms with E-state index in [1.807, 2.05) is 0 Å². The number of hydrogen-bond acceptors (Lipinski definition) is 5. The second-order valence-electron chi connectivity index (χ2n) is 5.59. The van der Waals surface area contributed by atoms with E-state index in [9.17, 15) is 33.4 Å². The molecule has 28 heavy (non-hydrogen) atoms. The summed E-state index contributed by atoms with van der Waals surface area (Å²) >= 11 is 12.6. The van der Waals surface area contributed by atoms with Crippen LogP contribution in [0.5, 0.6) is 0 Å². The van der Waals surface area contributed by atoms with Crippen molar-refractivity contribution in [3.05, 3.63) is 63.0 Å². The van der Waals surface area contributed by atoms with Crippen LogP contribution in [-0.4, -0.2) is 9.85 Å². The summed E-state index contributed by atoms with van der Waals surface area (Å²) in [5.74, 6) is 0. The standard InChI is InChI=1S/C15H9Br2ClF3N3O4/c1-5-10(16)14(11(17)6(2)12(5)18)22-13-8(15(19,20)21)3-7(23(25)26)4-9(13)24(27)28/h3-4,22H,1-2H3. The highest BCUT2D eigenvalue weighted by molar-refractivity contribution is 9.11. The van der Waals surface area contributed by atoms with Gasteiger partial charge in [-0.2, -0.15) is 13.2 Å². The van der Waals surface area contributed by atoms with E-state index in [0.29, 0.717) is 22.2 Å². The summed E-state index contributed by atoms with van der Waals surface area (Å²) < 4.78 is 41.1. The molecule has 0 aliphatic carbocycles. The number of nitrogens with one attached hydrogen (secondary N) is 1. The van der Waals surface area contributed by atoms with Gasteiger partial charge in [0.15, 0.2) is 0 Å². The molecule has 0 radical (unpaired) electrons. The molecule has 1 N–H and O–H groups in total. The number of alkyl halides is 3. The predicted octanol–water partition coefficient (Wildman–Crippen LogP) is 7.06. The summed E-state index contributed by atoms with van der Waals surface area (Å²) in [7, 11) is 0. The first-order valence-corrected chi connectivity index (χ1v) is 9.18. The Bertz CT molecular complexity index is 986. The molecule has 0 amide bonds. The molecule has 2 aromatic carbocycles. The maximum atomic E-state index is 13.5. The van der Waals surface area contributed by atoms with Gasteiger partial charge in [0.05, 0.1) is 27.2 Å². The maximum absolute atomic E-state index is 13.5. The minimum absolute atomic E-state index is 0.0573. The van der Waals surface area contributed by atoms with Crippen LogP contribution in [0.15, 0.2) is 21.1 Å². The van der Waals surface area contributed by atoms with Gasteiger partial charge in [-0.15, -0.1) is 0 Å². The predicted molar refractivity (Wildman–Crippen MR) is 104 cm³/mol. The maximum Gasteiger partial charge on any atom is 0.418 e. The molecule has 0 spiro atoms. The van der Waals surface area contributed by atoms with Crippen LogP contribution >= 0.6 is 43.5 Å². The summed E-state index contributed by atoms with van der Waals surface area (Å²) in [5.41, 5.74) is -3.58. The van der Waals surface area contributed by atoms with Crippen molar-refractivity contribution in [1.29, 1.82) is 0 Å². The van der Waals surface area contributed by atoms with E-state index < -0.39 is 38.6 Å². The lowest BCUT2D eigenvalue weighted by Gasteiger charge is -2.19. The molecule has 0 fully saturated rings. The molecule has 0 unspecified atom stereocenters. The molecule has 7 nitrogen and oxygen atoms in total. The van der Waals surface area contributed by atoms with Crippen LogP contribution in [0.3, 0.4) is 0 Å². The number of anilines is 2. The van der Waals surface area contributed by atoms with Gasteiger partial charge in [-0.3, -0.25) is 20.2 Å². The zero-order valence-electron chi connectivity index (χ0n) is 13.9. The van der Waals surface area contributed by atoms with Gasteiger partial charge < -0.3 is 5.32 Å². The van der Waals surface area contributed by atoms with Crippen LogP contribution in [0.1, 0.15) is 16.7 Å². The van der Waals surface area contributed by atoms with Crippen LogP contribution in [-0.2, 0) is 6.18 Å². The normalized spacial score (nSPS) is 11.4. The van der Waals surface area contributed by atoms with Gasteiger partial charge in [-0.25, -0.2) is 0 Å². The van der Waals surface area contributed by atoms with Crippen LogP contribution in [0.25, 0.3) is 0 Å². The molecule has 150 valence electrons. The highest BCUT2D eigenvalue weighted by Crippen LogP contribution is 2.47. The Balaban J connectivity index is 2.87. The highest BCUT2D eigenvalue weighted by atomic mass is 79.9. The second-order valence-corrected chi connectivity index (χ2v) is 7.56. The number of nitro benzene ring substituents is 2. The summed E-state index contributed by atoms with van der Waals surface area (Å²) in [6, 6.07) is 0.710. The summed E-state index contributed by atoms with van der Waals surface area (Å²) in [4.78, 5) is 20.0. The summed E-state index contributed by atoms with van der Waals surface area (Å²) in [5, 5.41) is 25.0. The van der Waals surface area contributed by atoms with Gasteiger partial charge in [0, 0.05) is 20.0 Å². The first-order chi connectivity index (χ1) is 12.8. The fraction of sp³-hybridized carbons (Fsp3) is 0.200. The molecule has 0 aliphatic rings. The Kier molecular flexibility index (Phi) is 6.26. The van der Waals surface area contributed by atoms with Gasteiger partial charge in [-0.1, -0.05) is 11.6 Å². The molecule has 0 saturated heterocycles. The third-order valence-electron chi connectivity index (χ3n) is 3.82. The Labute approximate surface area is 177 Å². The zero-order chi connectivity index (χ0) is 21.5. The van der Waals surface area contributed by atoms with Crippen LogP contribution in [0, 0.1) is 34.1 Å². The topological polar surface area (TPSA) is 98.3 Å². The minimum atomic E-state index is -5.09. The van der Waals surface area contributed by atoms with Crippen molar-refractivity contribution in [2.45, 2.75) is 20.0 Å². The molecule has 2 aromatic rings. The minimum Gasteiger partial charge on any atom is -0.348 e. The molecular weight excluding hydrogens is 538 g/mol. The molecule has 0 saturated carbocycles. The van der Waals surface area contributed by atoms with Gasteiger partial charge in [0.1, 0.15) is 5.69 Å². The number of nitrogens with zero attached hydrogens (tertiary/aromatic N) is 2. The zero-order valence-corrected chi connectivity index (χ0v) is 17.9. The van der Waals surface area contributed by atoms with E-state index >= 15 is 0 Å². The number of benzene rings is 2. The van der Waals surface area contributed by atoms with Gasteiger partial charge in [-0.05, 0) is 56.8 Å². The second kappa shape index (κ2) is 7.84. The Hall–Kier alpha value is -1.92. The van der Waals surface area contributed by atoms with Crippen LogP contribution < -0.4 is 5.32 Å². The number of nitro groups is 2. The number of halogens is 6. The first kappa shape index (κ1) is 22.4. The highest BCUT2D eigenvalue weighted by Gasteiger charge is 2.40. The fourth-order valence-electron chi connectivity index (χ4n) is 2.40. The monoisotopic (exact) mass is 545 g/mol. The molecular formula is C15H9Br2ClF3N3O4. The fourth-order valence-corrected chi connectivity index (χ4v) is 4.07. The van der Waals surface area contributed by atoms with E-state index in [0.717, 1.165) is 0 Å². The quantitative estimate of drug-likeness (QED) is 0.326. The first-order valence-electron chi connectivity index (χ1n) is 7.22. The van der Waals surface area contributed by atoms with Crippen molar-refractivity contribution in [3.63, 3.8) is 0 Å². The third-order valence-corrected chi connectivity index (χ3v) is 6.37. The molecule has 13 heteroatoms. The van der Waals surface area contributed by atoms with Gasteiger partial charge >= 0.3 is 6.18 Å². The lowest BCUT2D eigenvalue weighted by atomic mass is 10.1. The third kappa shape index (κ3) is 4.08. The van der Waals surface area contributed by atoms with Crippen molar-refractivity contribution < 1.29 is 23.0 Å². The van der Waals surface area contributed by atoms with Crippen LogP contribution in [0.2, 0.25) is 5.02 Å². The molecule has 0 aromatic heterocycles. The summed E-state index contributed by atoms with van der Waals surface area (Å²) in [6.07, 6.45) is -5.09. The smallest absolute Gasteiger partial charge is 0.348 e. The van der Waals surface area contributed by atoms with Crippen molar-refractivity contribution in [2.24, 2.45) is 0 Å². The molecule has 0 bridgehead atoms. The number of hydrogen-bond donors (Lipinski definition) is 1. The average Bonchev–Trinajstić information content (AvgIpc) is 2.60. The SMILES string of the molecule is Cc1c(Cl)c(C)c(Br)c(Nc2c([N+](=O)[O-])cc([N+](=O)[O-])cc2C(F)(F)F)c1Br. The van der Waals surface area contributed by atoms with Gasteiger partial charge in [0.2, 0.25) is 0 Å². The average molecular weight is 548 g/mol. The van der Waals surface area contributed by atoms with Crippen molar-refractivity contribution >= 4 is 66.2 Å². The molecule has 0 atom stereocenters. The van der Waals surface area contributed by atoms with E-state index in [1.54, 1.807) is 13.8 Å². The lowest BCUT2D eigenvalue weighted by Crippen LogP contribution is -2.12. The lowest BCUT2D eigenvalue weighted by molar-refractivity contribution is -0.394. The summed E-state index contributed by atoms with van der Waals surface area (Å²) in [6.45, 7) is 3.21. The Morgan fingerprint density at radius 1 is 1.00 bits per heavy atom. The largest absolute Gasteiger partial charge is 0.418 e. The molecule has 2 rings (SSSR count). The van der Waals surface area contributed by atoms with E-state index in [1.165, 1.54) is 0 Å². The molecule has 0 aliphatic heterocycles. The van der Waals surface area contributed by atoms with Crippen LogP contribution in [0.4, 0.5) is 35.9 Å². The van der Waals surface area contributed by atoms with Crippen molar-refractivity contribution in [2.75, 3.05) is 5.32 Å². The number of rotatable bonds is 4. The van der Waals surface area contributed by atoms with E-state index in [2.05, 4.69) is 37.2 Å². The van der Waals surface area contributed by atoms with E-state index in [-0.39, 0.29) is 20.7 Å². The Morgan fingerprint density at radius 3 is 1.89 bits per heavy atom. The van der Waals surface area contributed by atoms with Crippen molar-refractivity contribution in [3.8, 4) is 0 Å². The molecule has 0 heterocycles. The van der Waals surface area contributed by atoms with Crippen molar-refractivity contribution in [1.82, 2.24) is 0 Å². The number of non-ortho nitro benzene ring substituents is 1. The van der Waals surface area contributed by atoms with E-state index in [4.69, 9.17) is 11.6 Å².